The van der Waals surface area contributed by atoms with Crippen molar-refractivity contribution in [2.75, 3.05) is 18.5 Å². The van der Waals surface area contributed by atoms with E-state index in [2.05, 4.69) is 11.4 Å². The monoisotopic (exact) mass is 327 g/mol. The fourth-order valence-corrected chi connectivity index (χ4v) is 2.40. The SMILES string of the molecule is CCCOc1ccccc1NC(=O)CCOc1cc(C)cc(C)c1. The van der Waals surface area contributed by atoms with Crippen molar-refractivity contribution >= 4 is 11.6 Å². The molecule has 0 aromatic heterocycles. The Balaban J connectivity index is 1.85. The lowest BCUT2D eigenvalue weighted by molar-refractivity contribution is -0.116. The average Bonchev–Trinajstić information content (AvgIpc) is 2.53. The van der Waals surface area contributed by atoms with E-state index in [0.29, 0.717) is 24.7 Å². The Bertz CT molecular complexity index is 662. The molecule has 0 saturated carbocycles. The molecule has 1 amide bonds. The molecular weight excluding hydrogens is 302 g/mol. The van der Waals surface area contributed by atoms with Crippen molar-refractivity contribution < 1.29 is 14.3 Å². The summed E-state index contributed by atoms with van der Waals surface area (Å²) in [5.74, 6) is 1.40. The molecule has 2 aromatic carbocycles. The van der Waals surface area contributed by atoms with Crippen LogP contribution >= 0.6 is 0 Å². The Morgan fingerprint density at radius 3 is 2.42 bits per heavy atom. The molecule has 0 radical (unpaired) electrons. The third-order valence-corrected chi connectivity index (χ3v) is 3.42. The Morgan fingerprint density at radius 2 is 1.71 bits per heavy atom. The fourth-order valence-electron chi connectivity index (χ4n) is 2.40. The highest BCUT2D eigenvalue weighted by Crippen LogP contribution is 2.24. The Hall–Kier alpha value is -2.49. The van der Waals surface area contributed by atoms with Crippen LogP contribution in [-0.4, -0.2) is 19.1 Å². The van der Waals surface area contributed by atoms with E-state index in [-0.39, 0.29) is 12.3 Å². The van der Waals surface area contributed by atoms with Crippen molar-refractivity contribution in [1.82, 2.24) is 0 Å². The molecule has 4 nitrogen and oxygen atoms in total. The first-order valence-electron chi connectivity index (χ1n) is 8.31. The number of amides is 1. The zero-order chi connectivity index (χ0) is 17.4. The first-order chi connectivity index (χ1) is 11.6. The summed E-state index contributed by atoms with van der Waals surface area (Å²) in [6, 6.07) is 13.5. The highest BCUT2D eigenvalue weighted by molar-refractivity contribution is 5.92. The van der Waals surface area contributed by atoms with E-state index >= 15 is 0 Å². The smallest absolute Gasteiger partial charge is 0.227 e. The number of rotatable bonds is 8. The van der Waals surface area contributed by atoms with Gasteiger partial charge in [-0.2, -0.15) is 0 Å². The zero-order valence-electron chi connectivity index (χ0n) is 14.6. The quantitative estimate of drug-likeness (QED) is 0.776. The predicted molar refractivity (Wildman–Crippen MR) is 96.9 cm³/mol. The molecule has 0 heterocycles. The van der Waals surface area contributed by atoms with Gasteiger partial charge in [0.2, 0.25) is 5.91 Å². The Labute approximate surface area is 143 Å². The standard InChI is InChI=1S/C20H25NO3/c1-4-10-24-19-8-6-5-7-18(19)21-20(22)9-11-23-17-13-15(2)12-16(3)14-17/h5-8,12-14H,4,9-11H2,1-3H3,(H,21,22). The van der Waals surface area contributed by atoms with Crippen molar-refractivity contribution in [1.29, 1.82) is 0 Å². The minimum atomic E-state index is -0.0908. The second kappa shape index (κ2) is 8.96. The second-order valence-corrected chi connectivity index (χ2v) is 5.81. The van der Waals surface area contributed by atoms with Gasteiger partial charge in [-0.1, -0.05) is 25.1 Å². The van der Waals surface area contributed by atoms with E-state index in [1.807, 2.05) is 57.2 Å². The lowest BCUT2D eigenvalue weighted by atomic mass is 10.1. The summed E-state index contributed by atoms with van der Waals surface area (Å²) in [5.41, 5.74) is 3.00. The van der Waals surface area contributed by atoms with Crippen LogP contribution in [0.4, 0.5) is 5.69 Å². The minimum absolute atomic E-state index is 0.0908. The van der Waals surface area contributed by atoms with Crippen LogP contribution < -0.4 is 14.8 Å². The van der Waals surface area contributed by atoms with E-state index in [0.717, 1.165) is 23.3 Å². The van der Waals surface area contributed by atoms with Crippen LogP contribution in [-0.2, 0) is 4.79 Å². The van der Waals surface area contributed by atoms with Crippen molar-refractivity contribution in [3.63, 3.8) is 0 Å². The van der Waals surface area contributed by atoms with Gasteiger partial charge in [-0.15, -0.1) is 0 Å². The summed E-state index contributed by atoms with van der Waals surface area (Å²) in [5, 5.41) is 2.88. The van der Waals surface area contributed by atoms with Crippen LogP contribution in [0.3, 0.4) is 0 Å². The number of carbonyl (C=O) groups is 1. The van der Waals surface area contributed by atoms with E-state index in [1.165, 1.54) is 0 Å². The van der Waals surface area contributed by atoms with Gasteiger partial charge < -0.3 is 14.8 Å². The van der Waals surface area contributed by atoms with Gasteiger partial charge in [-0.25, -0.2) is 0 Å². The van der Waals surface area contributed by atoms with E-state index < -0.39 is 0 Å². The summed E-state index contributed by atoms with van der Waals surface area (Å²) in [7, 11) is 0. The van der Waals surface area contributed by atoms with Gasteiger partial charge >= 0.3 is 0 Å². The van der Waals surface area contributed by atoms with Gasteiger partial charge in [0.25, 0.3) is 0 Å². The van der Waals surface area contributed by atoms with Gasteiger partial charge in [-0.05, 0) is 55.7 Å². The number of para-hydroxylation sites is 2. The number of aryl methyl sites for hydroxylation is 2. The molecule has 0 unspecified atom stereocenters. The molecule has 0 atom stereocenters. The molecular formula is C20H25NO3. The number of carbonyl (C=O) groups excluding carboxylic acids is 1. The molecule has 128 valence electrons. The van der Waals surface area contributed by atoms with Crippen molar-refractivity contribution in [2.45, 2.75) is 33.6 Å². The molecule has 2 aromatic rings. The fraction of sp³-hybridized carbons (Fsp3) is 0.350. The Morgan fingerprint density at radius 1 is 1.00 bits per heavy atom. The van der Waals surface area contributed by atoms with Crippen molar-refractivity contribution in [2.24, 2.45) is 0 Å². The number of anilines is 1. The zero-order valence-corrected chi connectivity index (χ0v) is 14.6. The number of hydrogen-bond acceptors (Lipinski definition) is 3. The molecule has 0 aliphatic heterocycles. The molecule has 0 aliphatic rings. The topological polar surface area (TPSA) is 47.6 Å². The largest absolute Gasteiger partial charge is 0.493 e. The maximum Gasteiger partial charge on any atom is 0.227 e. The first-order valence-corrected chi connectivity index (χ1v) is 8.31. The minimum Gasteiger partial charge on any atom is -0.493 e. The molecule has 0 fully saturated rings. The maximum atomic E-state index is 12.1. The van der Waals surface area contributed by atoms with E-state index in [4.69, 9.17) is 9.47 Å². The molecule has 0 bridgehead atoms. The van der Waals surface area contributed by atoms with Crippen molar-refractivity contribution in [3.05, 3.63) is 53.6 Å². The third kappa shape index (κ3) is 5.61. The molecule has 0 aliphatic carbocycles. The van der Waals surface area contributed by atoms with Gasteiger partial charge in [0.05, 0.1) is 25.3 Å². The maximum absolute atomic E-state index is 12.1. The van der Waals surface area contributed by atoms with Crippen LogP contribution in [0.15, 0.2) is 42.5 Å². The number of hydrogen-bond donors (Lipinski definition) is 1. The van der Waals surface area contributed by atoms with Crippen LogP contribution in [0, 0.1) is 13.8 Å². The third-order valence-electron chi connectivity index (χ3n) is 3.42. The number of nitrogens with one attached hydrogen (secondary N) is 1. The van der Waals surface area contributed by atoms with Crippen LogP contribution in [0.25, 0.3) is 0 Å². The predicted octanol–water partition coefficient (Wildman–Crippen LogP) is 4.50. The summed E-state index contributed by atoms with van der Waals surface area (Å²) in [6.07, 6.45) is 1.21. The molecule has 24 heavy (non-hydrogen) atoms. The molecule has 0 saturated heterocycles. The van der Waals surface area contributed by atoms with Crippen LogP contribution in [0.5, 0.6) is 11.5 Å². The lowest BCUT2D eigenvalue weighted by Crippen LogP contribution is -2.16. The van der Waals surface area contributed by atoms with E-state index in [9.17, 15) is 4.79 Å². The first kappa shape index (κ1) is 17.9. The van der Waals surface area contributed by atoms with Gasteiger partial charge in [0.15, 0.2) is 0 Å². The average molecular weight is 327 g/mol. The summed E-state index contributed by atoms with van der Waals surface area (Å²) in [6.45, 7) is 7.07. The van der Waals surface area contributed by atoms with E-state index in [1.54, 1.807) is 0 Å². The number of benzene rings is 2. The van der Waals surface area contributed by atoms with Gasteiger partial charge in [0, 0.05) is 0 Å². The highest BCUT2D eigenvalue weighted by atomic mass is 16.5. The van der Waals surface area contributed by atoms with Crippen molar-refractivity contribution in [3.8, 4) is 11.5 Å². The second-order valence-electron chi connectivity index (χ2n) is 5.81. The highest BCUT2D eigenvalue weighted by Gasteiger charge is 2.08. The van der Waals surface area contributed by atoms with Gasteiger partial charge in [0.1, 0.15) is 11.5 Å². The summed E-state index contributed by atoms with van der Waals surface area (Å²) < 4.78 is 11.3. The molecule has 0 spiro atoms. The number of ether oxygens (including phenoxy) is 2. The van der Waals surface area contributed by atoms with Gasteiger partial charge in [-0.3, -0.25) is 4.79 Å². The van der Waals surface area contributed by atoms with Crippen LogP contribution in [0.1, 0.15) is 30.9 Å². The molecule has 1 N–H and O–H groups in total. The summed E-state index contributed by atoms with van der Waals surface area (Å²) >= 11 is 0. The molecule has 4 heteroatoms. The molecule has 2 rings (SSSR count). The Kier molecular flexibility index (Phi) is 6.67. The summed E-state index contributed by atoms with van der Waals surface area (Å²) in [4.78, 5) is 12.1. The lowest BCUT2D eigenvalue weighted by Gasteiger charge is -2.12. The van der Waals surface area contributed by atoms with Crippen LogP contribution in [0.2, 0.25) is 0 Å². The normalized spacial score (nSPS) is 10.3.